The van der Waals surface area contributed by atoms with Crippen molar-refractivity contribution in [3.8, 4) is 5.69 Å². The van der Waals surface area contributed by atoms with Crippen molar-refractivity contribution in [2.24, 2.45) is 0 Å². The first-order valence-electron chi connectivity index (χ1n) is 11.9. The van der Waals surface area contributed by atoms with Crippen molar-refractivity contribution in [1.82, 2.24) is 9.88 Å². The lowest BCUT2D eigenvalue weighted by Gasteiger charge is -2.26. The third-order valence-corrected chi connectivity index (χ3v) is 6.87. The van der Waals surface area contributed by atoms with Gasteiger partial charge in [0.2, 0.25) is 0 Å². The SMILES string of the molecule is CC[C@@H](C)c1ccc(N2C(=O)NC(=O)/C(=C/c3cc(C)n(-c4c(C)cccc4C)c3C)C2=O)cc1. The molecule has 3 aromatic rings. The Hall–Kier alpha value is -3.93. The zero-order valence-electron chi connectivity index (χ0n) is 21.1. The van der Waals surface area contributed by atoms with E-state index < -0.39 is 17.8 Å². The highest BCUT2D eigenvalue weighted by atomic mass is 16.2. The highest BCUT2D eigenvalue weighted by Crippen LogP contribution is 2.29. The fourth-order valence-corrected chi connectivity index (χ4v) is 4.67. The number of urea groups is 1. The number of para-hydroxylation sites is 1. The summed E-state index contributed by atoms with van der Waals surface area (Å²) >= 11 is 0. The van der Waals surface area contributed by atoms with E-state index in [0.29, 0.717) is 11.6 Å². The molecule has 0 saturated carbocycles. The number of aryl methyl sites for hydroxylation is 3. The predicted molar refractivity (Wildman–Crippen MR) is 139 cm³/mol. The first-order valence-corrected chi connectivity index (χ1v) is 11.9. The number of nitrogens with one attached hydrogen (secondary N) is 1. The molecule has 1 atom stereocenters. The molecular formula is C29H31N3O3. The van der Waals surface area contributed by atoms with Gasteiger partial charge in [0.15, 0.2) is 0 Å². The lowest BCUT2D eigenvalue weighted by atomic mass is 9.98. The molecule has 1 fully saturated rings. The summed E-state index contributed by atoms with van der Waals surface area (Å²) < 4.78 is 2.14. The molecular weight excluding hydrogens is 438 g/mol. The number of hydrogen-bond acceptors (Lipinski definition) is 3. The summed E-state index contributed by atoms with van der Waals surface area (Å²) in [4.78, 5) is 39.7. The summed E-state index contributed by atoms with van der Waals surface area (Å²) in [6, 6.07) is 14.7. The second-order valence-electron chi connectivity index (χ2n) is 9.26. The Morgan fingerprint density at radius 1 is 0.943 bits per heavy atom. The van der Waals surface area contributed by atoms with Crippen LogP contribution in [0.15, 0.2) is 54.1 Å². The van der Waals surface area contributed by atoms with E-state index in [9.17, 15) is 14.4 Å². The van der Waals surface area contributed by atoms with Gasteiger partial charge in [-0.05, 0) is 86.6 Å². The average molecular weight is 470 g/mol. The number of rotatable bonds is 5. The van der Waals surface area contributed by atoms with Crippen molar-refractivity contribution in [3.05, 3.63) is 87.7 Å². The maximum absolute atomic E-state index is 13.4. The molecule has 0 aliphatic carbocycles. The fourth-order valence-electron chi connectivity index (χ4n) is 4.67. The molecule has 2 aromatic carbocycles. The van der Waals surface area contributed by atoms with Gasteiger partial charge in [0.1, 0.15) is 5.57 Å². The van der Waals surface area contributed by atoms with E-state index in [0.717, 1.165) is 50.6 Å². The van der Waals surface area contributed by atoms with Crippen molar-refractivity contribution in [2.45, 2.75) is 53.9 Å². The van der Waals surface area contributed by atoms with E-state index in [1.54, 1.807) is 18.2 Å². The summed E-state index contributed by atoms with van der Waals surface area (Å²) in [6.07, 6.45) is 2.57. The van der Waals surface area contributed by atoms with Gasteiger partial charge in [0.05, 0.1) is 11.4 Å². The minimum atomic E-state index is -0.741. The van der Waals surface area contributed by atoms with Crippen LogP contribution in [0, 0.1) is 27.7 Å². The molecule has 1 aromatic heterocycles. The largest absolute Gasteiger partial charge is 0.335 e. The second-order valence-corrected chi connectivity index (χ2v) is 9.26. The highest BCUT2D eigenvalue weighted by molar-refractivity contribution is 6.39. The Morgan fingerprint density at radius 2 is 1.57 bits per heavy atom. The molecule has 0 radical (unpaired) electrons. The Labute approximate surface area is 206 Å². The lowest BCUT2D eigenvalue weighted by Crippen LogP contribution is -2.54. The standard InChI is InChI=1S/C29H31N3O3/c1-7-17(2)22-11-13-24(14-12-22)32-28(34)25(27(33)30-29(32)35)16-23-15-20(5)31(21(23)6)26-18(3)9-8-10-19(26)4/h8-17H,7H2,1-6H3,(H,30,33,35)/b25-16-/t17-/m1/s1. The Morgan fingerprint density at radius 3 is 2.17 bits per heavy atom. The first kappa shape index (κ1) is 24.2. The molecule has 35 heavy (non-hydrogen) atoms. The van der Waals surface area contributed by atoms with Gasteiger partial charge in [-0.15, -0.1) is 0 Å². The minimum Gasteiger partial charge on any atom is -0.317 e. The lowest BCUT2D eigenvalue weighted by molar-refractivity contribution is -0.122. The number of benzene rings is 2. The fraction of sp³-hybridized carbons (Fsp3) is 0.276. The van der Waals surface area contributed by atoms with Crippen LogP contribution in [0.3, 0.4) is 0 Å². The van der Waals surface area contributed by atoms with Gasteiger partial charge < -0.3 is 4.57 Å². The topological polar surface area (TPSA) is 71.4 Å². The van der Waals surface area contributed by atoms with Crippen molar-refractivity contribution in [3.63, 3.8) is 0 Å². The van der Waals surface area contributed by atoms with E-state index in [2.05, 4.69) is 49.7 Å². The molecule has 1 aliphatic heterocycles. The molecule has 1 saturated heterocycles. The molecule has 180 valence electrons. The maximum atomic E-state index is 13.4. The third-order valence-electron chi connectivity index (χ3n) is 6.87. The maximum Gasteiger partial charge on any atom is 0.335 e. The third kappa shape index (κ3) is 4.32. The van der Waals surface area contributed by atoms with Gasteiger partial charge >= 0.3 is 6.03 Å². The molecule has 1 aliphatic rings. The smallest absolute Gasteiger partial charge is 0.317 e. The molecule has 2 heterocycles. The first-order chi connectivity index (χ1) is 16.6. The number of carbonyl (C=O) groups excluding carboxylic acids is 3. The highest BCUT2D eigenvalue weighted by Gasteiger charge is 2.37. The summed E-state index contributed by atoms with van der Waals surface area (Å²) in [5, 5.41) is 2.32. The van der Waals surface area contributed by atoms with E-state index in [4.69, 9.17) is 0 Å². The number of amides is 4. The Kier molecular flexibility index (Phi) is 6.48. The summed E-state index contributed by atoms with van der Waals surface area (Å²) in [7, 11) is 0. The number of aromatic nitrogens is 1. The van der Waals surface area contributed by atoms with Crippen LogP contribution in [0.2, 0.25) is 0 Å². The molecule has 4 rings (SSSR count). The zero-order chi connectivity index (χ0) is 25.4. The minimum absolute atomic E-state index is 0.0719. The summed E-state index contributed by atoms with van der Waals surface area (Å²) in [5.41, 5.74) is 7.50. The summed E-state index contributed by atoms with van der Waals surface area (Å²) in [6.45, 7) is 12.3. The van der Waals surface area contributed by atoms with Crippen molar-refractivity contribution >= 4 is 29.6 Å². The molecule has 0 spiro atoms. The van der Waals surface area contributed by atoms with Gasteiger partial charge in [-0.2, -0.15) is 0 Å². The number of hydrogen-bond donors (Lipinski definition) is 1. The Balaban J connectivity index is 1.74. The van der Waals surface area contributed by atoms with Crippen LogP contribution in [0.5, 0.6) is 0 Å². The van der Waals surface area contributed by atoms with Crippen LogP contribution < -0.4 is 10.2 Å². The molecule has 6 nitrogen and oxygen atoms in total. The molecule has 0 unspecified atom stereocenters. The van der Waals surface area contributed by atoms with Crippen LogP contribution in [0.4, 0.5) is 10.5 Å². The molecule has 6 heteroatoms. The normalized spacial score (nSPS) is 16.1. The summed E-state index contributed by atoms with van der Waals surface area (Å²) in [5.74, 6) is -0.949. The van der Waals surface area contributed by atoms with Crippen LogP contribution in [0.25, 0.3) is 11.8 Å². The van der Waals surface area contributed by atoms with Gasteiger partial charge in [0, 0.05) is 11.4 Å². The molecule has 1 N–H and O–H groups in total. The van der Waals surface area contributed by atoms with Crippen LogP contribution in [-0.4, -0.2) is 22.4 Å². The van der Waals surface area contributed by atoms with Crippen LogP contribution in [0.1, 0.15) is 59.8 Å². The van der Waals surface area contributed by atoms with E-state index in [-0.39, 0.29) is 5.57 Å². The van der Waals surface area contributed by atoms with Gasteiger partial charge in [-0.3, -0.25) is 14.9 Å². The van der Waals surface area contributed by atoms with Gasteiger partial charge in [0.25, 0.3) is 11.8 Å². The van der Waals surface area contributed by atoms with Crippen molar-refractivity contribution in [2.75, 3.05) is 4.90 Å². The monoisotopic (exact) mass is 469 g/mol. The van der Waals surface area contributed by atoms with E-state index in [1.807, 2.05) is 38.1 Å². The number of carbonyl (C=O) groups is 3. The van der Waals surface area contributed by atoms with E-state index in [1.165, 1.54) is 0 Å². The van der Waals surface area contributed by atoms with Gasteiger partial charge in [-0.25, -0.2) is 9.69 Å². The quantitative estimate of drug-likeness (QED) is 0.374. The molecule has 0 bridgehead atoms. The zero-order valence-corrected chi connectivity index (χ0v) is 21.1. The number of nitrogens with zero attached hydrogens (tertiary/aromatic N) is 2. The number of imide groups is 2. The van der Waals surface area contributed by atoms with Crippen LogP contribution >= 0.6 is 0 Å². The predicted octanol–water partition coefficient (Wildman–Crippen LogP) is 5.89. The average Bonchev–Trinajstić information content (AvgIpc) is 3.09. The number of barbiturate groups is 1. The van der Waals surface area contributed by atoms with Crippen molar-refractivity contribution in [1.29, 1.82) is 0 Å². The molecule has 4 amide bonds. The van der Waals surface area contributed by atoms with E-state index >= 15 is 0 Å². The Bertz CT molecular complexity index is 1340. The number of anilines is 1. The second kappa shape index (κ2) is 9.37. The van der Waals surface area contributed by atoms with Crippen LogP contribution in [-0.2, 0) is 9.59 Å². The van der Waals surface area contributed by atoms with Gasteiger partial charge in [-0.1, -0.05) is 44.2 Å². The van der Waals surface area contributed by atoms with Crippen molar-refractivity contribution < 1.29 is 14.4 Å².